The van der Waals surface area contributed by atoms with Gasteiger partial charge in [0.1, 0.15) is 0 Å². The third-order valence-electron chi connectivity index (χ3n) is 3.08. The van der Waals surface area contributed by atoms with E-state index >= 15 is 0 Å². The van der Waals surface area contributed by atoms with Gasteiger partial charge in [0.25, 0.3) is 9.05 Å². The van der Waals surface area contributed by atoms with Gasteiger partial charge in [-0.05, 0) is 30.5 Å². The van der Waals surface area contributed by atoms with Crippen LogP contribution in [0, 0.1) is 0 Å². The van der Waals surface area contributed by atoms with Crippen LogP contribution in [0.1, 0.15) is 18.4 Å². The second-order valence-corrected chi connectivity index (χ2v) is 9.12. The summed E-state index contributed by atoms with van der Waals surface area (Å²) in [5.74, 6) is 0. The van der Waals surface area contributed by atoms with Gasteiger partial charge in [-0.3, -0.25) is 0 Å². The summed E-state index contributed by atoms with van der Waals surface area (Å²) in [7, 11) is -1.75. The molecule has 0 N–H and O–H groups in total. The van der Waals surface area contributed by atoms with Crippen molar-refractivity contribution in [2.75, 3.05) is 6.26 Å². The normalized spacial score (nSPS) is 18.9. The largest absolute Gasteiger partial charge is 0.261 e. The Hall–Kier alpha value is -0.590. The Morgan fingerprint density at radius 3 is 1.82 bits per heavy atom. The molecule has 1 saturated carbocycles. The second kappa shape index (κ2) is 3.70. The Kier molecular flexibility index (Phi) is 2.80. The first-order chi connectivity index (χ1) is 7.67. The fraction of sp³-hybridized carbons (Fsp3) is 0.400. The van der Waals surface area contributed by atoms with Crippen molar-refractivity contribution in [1.82, 2.24) is 0 Å². The molecule has 1 aliphatic carbocycles. The van der Waals surface area contributed by atoms with Gasteiger partial charge in [-0.2, -0.15) is 0 Å². The van der Waals surface area contributed by atoms with Crippen LogP contribution in [0.15, 0.2) is 29.2 Å². The lowest BCUT2D eigenvalue weighted by molar-refractivity contribution is 0.586. The van der Waals surface area contributed by atoms with E-state index in [1.165, 1.54) is 30.5 Å². The first-order valence-corrected chi connectivity index (χ1v) is 9.12. The molecule has 1 aromatic carbocycles. The van der Waals surface area contributed by atoms with E-state index in [1.807, 2.05) is 0 Å². The summed E-state index contributed by atoms with van der Waals surface area (Å²) in [6.07, 6.45) is 2.36. The fourth-order valence-corrected chi connectivity index (χ4v) is 4.09. The van der Waals surface area contributed by atoms with Crippen LogP contribution in [-0.2, 0) is 23.6 Å². The van der Waals surface area contributed by atoms with Gasteiger partial charge in [-0.25, -0.2) is 16.8 Å². The average molecular weight is 295 g/mol. The van der Waals surface area contributed by atoms with Crippen molar-refractivity contribution in [3.63, 3.8) is 0 Å². The average Bonchev–Trinajstić information content (AvgIpc) is 2.96. The van der Waals surface area contributed by atoms with Crippen LogP contribution >= 0.6 is 10.7 Å². The maximum atomic E-state index is 11.7. The quantitative estimate of drug-likeness (QED) is 0.795. The molecule has 1 fully saturated rings. The van der Waals surface area contributed by atoms with Crippen molar-refractivity contribution in [3.05, 3.63) is 29.8 Å². The standard InChI is InChI=1S/C10H11ClO4S2/c1-16(12,13)10(6-7-10)8-2-4-9(5-3-8)17(11,14)15/h2-5H,6-7H2,1H3. The molecule has 0 atom stereocenters. The van der Waals surface area contributed by atoms with E-state index < -0.39 is 23.6 Å². The van der Waals surface area contributed by atoms with Gasteiger partial charge in [0, 0.05) is 16.9 Å². The highest BCUT2D eigenvalue weighted by Crippen LogP contribution is 2.52. The van der Waals surface area contributed by atoms with Gasteiger partial charge in [-0.1, -0.05) is 12.1 Å². The molecule has 0 bridgehead atoms. The molecule has 94 valence electrons. The zero-order chi connectivity index (χ0) is 12.9. The maximum absolute atomic E-state index is 11.7. The summed E-state index contributed by atoms with van der Waals surface area (Å²) in [6.45, 7) is 0. The predicted molar refractivity (Wildman–Crippen MR) is 65.2 cm³/mol. The van der Waals surface area contributed by atoms with Crippen LogP contribution in [0.4, 0.5) is 0 Å². The van der Waals surface area contributed by atoms with Gasteiger partial charge in [0.2, 0.25) is 0 Å². The SMILES string of the molecule is CS(=O)(=O)C1(c2ccc(S(=O)(=O)Cl)cc2)CC1. The highest BCUT2D eigenvalue weighted by Gasteiger charge is 2.53. The molecule has 0 radical (unpaired) electrons. The molecule has 2 rings (SSSR count). The minimum Gasteiger partial charge on any atom is -0.228 e. The topological polar surface area (TPSA) is 68.3 Å². The van der Waals surface area contributed by atoms with Crippen molar-refractivity contribution >= 4 is 29.6 Å². The molecule has 4 nitrogen and oxygen atoms in total. The van der Waals surface area contributed by atoms with Crippen LogP contribution in [0.3, 0.4) is 0 Å². The van der Waals surface area contributed by atoms with E-state index in [2.05, 4.69) is 0 Å². The zero-order valence-corrected chi connectivity index (χ0v) is 11.4. The Balaban J connectivity index is 2.45. The van der Waals surface area contributed by atoms with Crippen molar-refractivity contribution in [1.29, 1.82) is 0 Å². The lowest BCUT2D eigenvalue weighted by atomic mass is 10.1. The Labute approximate surface area is 105 Å². The molecule has 0 amide bonds. The van der Waals surface area contributed by atoms with E-state index in [-0.39, 0.29) is 4.90 Å². The predicted octanol–water partition coefficient (Wildman–Crippen LogP) is 1.65. The molecule has 0 spiro atoms. The lowest BCUT2D eigenvalue weighted by Gasteiger charge is -2.13. The third kappa shape index (κ3) is 2.21. The molecule has 0 saturated heterocycles. The van der Waals surface area contributed by atoms with Gasteiger partial charge in [-0.15, -0.1) is 0 Å². The lowest BCUT2D eigenvalue weighted by Crippen LogP contribution is -2.19. The molecule has 0 unspecified atom stereocenters. The van der Waals surface area contributed by atoms with Crippen molar-refractivity contribution < 1.29 is 16.8 Å². The highest BCUT2D eigenvalue weighted by molar-refractivity contribution is 8.13. The molecule has 0 aliphatic heterocycles. The van der Waals surface area contributed by atoms with Crippen molar-refractivity contribution in [3.8, 4) is 0 Å². The van der Waals surface area contributed by atoms with E-state index in [1.54, 1.807) is 0 Å². The second-order valence-electron chi connectivity index (χ2n) is 4.23. The molecular weight excluding hydrogens is 284 g/mol. The summed E-state index contributed by atoms with van der Waals surface area (Å²) in [6, 6.07) is 5.71. The molecule has 7 heteroatoms. The number of hydrogen-bond donors (Lipinski definition) is 0. The van der Waals surface area contributed by atoms with Gasteiger partial charge in [0.05, 0.1) is 9.64 Å². The highest BCUT2D eigenvalue weighted by atomic mass is 35.7. The number of hydrogen-bond acceptors (Lipinski definition) is 4. The molecule has 1 aliphatic rings. The number of benzene rings is 1. The monoisotopic (exact) mass is 294 g/mol. The van der Waals surface area contributed by atoms with E-state index in [0.29, 0.717) is 18.4 Å². The molecule has 0 aromatic heterocycles. The maximum Gasteiger partial charge on any atom is 0.261 e. The van der Waals surface area contributed by atoms with Gasteiger partial charge < -0.3 is 0 Å². The Morgan fingerprint density at radius 1 is 1.06 bits per heavy atom. The fourth-order valence-electron chi connectivity index (χ4n) is 1.91. The first-order valence-electron chi connectivity index (χ1n) is 4.92. The van der Waals surface area contributed by atoms with Crippen molar-refractivity contribution in [2.45, 2.75) is 22.5 Å². The smallest absolute Gasteiger partial charge is 0.228 e. The third-order valence-corrected chi connectivity index (χ3v) is 6.51. The first kappa shape index (κ1) is 12.9. The van der Waals surface area contributed by atoms with Crippen LogP contribution in [0.5, 0.6) is 0 Å². The van der Waals surface area contributed by atoms with Gasteiger partial charge in [0.15, 0.2) is 9.84 Å². The molecule has 17 heavy (non-hydrogen) atoms. The molecular formula is C10H11ClO4S2. The number of sulfone groups is 1. The van der Waals surface area contributed by atoms with Gasteiger partial charge >= 0.3 is 0 Å². The van der Waals surface area contributed by atoms with Crippen LogP contribution in [0.2, 0.25) is 0 Å². The Morgan fingerprint density at radius 2 is 1.53 bits per heavy atom. The summed E-state index contributed by atoms with van der Waals surface area (Å²) in [4.78, 5) is -0.0211. The number of halogens is 1. The Bertz CT molecular complexity index is 640. The van der Waals surface area contributed by atoms with Crippen LogP contribution in [-0.4, -0.2) is 23.1 Å². The van der Waals surface area contributed by atoms with Crippen molar-refractivity contribution in [2.24, 2.45) is 0 Å². The minimum atomic E-state index is -3.76. The van der Waals surface area contributed by atoms with E-state index in [9.17, 15) is 16.8 Å². The van der Waals surface area contributed by atoms with E-state index in [0.717, 1.165) is 0 Å². The summed E-state index contributed by atoms with van der Waals surface area (Å²) in [5.41, 5.74) is 0.629. The van der Waals surface area contributed by atoms with E-state index in [4.69, 9.17) is 10.7 Å². The summed E-state index contributed by atoms with van der Waals surface area (Å²) >= 11 is 0. The zero-order valence-electron chi connectivity index (χ0n) is 9.05. The number of rotatable bonds is 3. The van der Waals surface area contributed by atoms with Crippen LogP contribution < -0.4 is 0 Å². The molecule has 0 heterocycles. The minimum absolute atomic E-state index is 0.0211. The van der Waals surface area contributed by atoms with Crippen LogP contribution in [0.25, 0.3) is 0 Å². The summed E-state index contributed by atoms with van der Waals surface area (Å²) < 4.78 is 44.6. The molecule has 1 aromatic rings. The summed E-state index contributed by atoms with van der Waals surface area (Å²) in [5, 5.41) is 0.